The minimum Gasteiger partial charge on any atom is -0.484 e. The third-order valence-corrected chi connectivity index (χ3v) is 3.59. The Labute approximate surface area is 158 Å². The van der Waals surface area contributed by atoms with Gasteiger partial charge in [0.2, 0.25) is 5.91 Å². The fourth-order valence-electron chi connectivity index (χ4n) is 2.16. The van der Waals surface area contributed by atoms with Crippen LogP contribution in [-0.4, -0.2) is 54.2 Å². The molecule has 2 N–H and O–H groups in total. The van der Waals surface area contributed by atoms with E-state index in [1.807, 2.05) is 0 Å². The summed E-state index contributed by atoms with van der Waals surface area (Å²) in [5, 5.41) is 9.90. The number of nitrogens with one attached hydrogen (secondary N) is 2. The van der Waals surface area contributed by atoms with Crippen molar-refractivity contribution in [3.8, 4) is 5.75 Å². The number of anilines is 1. The number of hydrogen-bond donors (Lipinski definition) is 2. The number of carbonyl (C=O) groups excluding carboxylic acids is 2. The lowest BCUT2D eigenvalue weighted by Crippen LogP contribution is -2.30. The van der Waals surface area contributed by atoms with E-state index in [4.69, 9.17) is 4.74 Å². The van der Waals surface area contributed by atoms with Gasteiger partial charge >= 0.3 is 0 Å². The summed E-state index contributed by atoms with van der Waals surface area (Å²) in [7, 11) is 6.86. The molecule has 0 fully saturated rings. The molecule has 0 spiro atoms. The van der Waals surface area contributed by atoms with E-state index in [-0.39, 0.29) is 30.8 Å². The molecule has 2 aromatic rings. The molecule has 0 saturated heterocycles. The van der Waals surface area contributed by atoms with E-state index in [2.05, 4.69) is 15.7 Å². The Morgan fingerprint density at radius 2 is 1.92 bits per heavy atom. The summed E-state index contributed by atoms with van der Waals surface area (Å²) in [5.41, 5.74) is 1.42. The number of amides is 2. The molecular formula is C17H24ClN5O3. The summed E-state index contributed by atoms with van der Waals surface area (Å²) < 4.78 is 7.05. The first-order valence-corrected chi connectivity index (χ1v) is 7.80. The van der Waals surface area contributed by atoms with Crippen molar-refractivity contribution in [2.24, 2.45) is 7.05 Å². The maximum absolute atomic E-state index is 12.4. The smallest absolute Gasteiger partial charge is 0.259 e. The van der Waals surface area contributed by atoms with Crippen molar-refractivity contribution >= 4 is 29.9 Å². The van der Waals surface area contributed by atoms with Crippen LogP contribution in [0.5, 0.6) is 5.75 Å². The third kappa shape index (κ3) is 5.75. The monoisotopic (exact) mass is 381 g/mol. The fourth-order valence-corrected chi connectivity index (χ4v) is 2.16. The Bertz CT molecular complexity index is 730. The van der Waals surface area contributed by atoms with Crippen LogP contribution in [0, 0.1) is 0 Å². The number of rotatable bonds is 7. The predicted molar refractivity (Wildman–Crippen MR) is 102 cm³/mol. The first-order valence-electron chi connectivity index (χ1n) is 7.80. The standard InChI is InChI=1S/C17H23N5O3.ClH/c1-18-16(12-9-19-22(4)10-12)17(24)20-13-5-7-14(8-6-13)25-11-15(23)21(2)3;/h5-10,16,18H,11H2,1-4H3,(H,20,24);1H. The average molecular weight is 382 g/mol. The van der Waals surface area contributed by atoms with Crippen molar-refractivity contribution in [3.05, 3.63) is 42.2 Å². The molecule has 2 rings (SSSR count). The number of aryl methyl sites for hydroxylation is 1. The van der Waals surface area contributed by atoms with Crippen LogP contribution >= 0.6 is 12.4 Å². The summed E-state index contributed by atoms with van der Waals surface area (Å²) in [4.78, 5) is 25.4. The largest absolute Gasteiger partial charge is 0.484 e. The molecule has 0 bridgehead atoms. The first kappa shape index (κ1) is 21.5. The fraction of sp³-hybridized carbons (Fsp3) is 0.353. The van der Waals surface area contributed by atoms with Crippen LogP contribution in [0.4, 0.5) is 5.69 Å². The second kappa shape index (κ2) is 9.79. The van der Waals surface area contributed by atoms with E-state index in [9.17, 15) is 9.59 Å². The lowest BCUT2D eigenvalue weighted by atomic mass is 10.1. The van der Waals surface area contributed by atoms with Crippen LogP contribution in [-0.2, 0) is 16.6 Å². The summed E-state index contributed by atoms with van der Waals surface area (Å²) >= 11 is 0. The molecule has 1 unspecified atom stereocenters. The van der Waals surface area contributed by atoms with Gasteiger partial charge in [-0.15, -0.1) is 12.4 Å². The van der Waals surface area contributed by atoms with E-state index in [0.29, 0.717) is 11.4 Å². The van der Waals surface area contributed by atoms with Gasteiger partial charge in [-0.3, -0.25) is 14.3 Å². The van der Waals surface area contributed by atoms with E-state index in [1.54, 1.807) is 69.5 Å². The van der Waals surface area contributed by atoms with E-state index in [1.165, 1.54) is 4.90 Å². The number of likely N-dealkylation sites (N-methyl/N-ethyl adjacent to an activating group) is 2. The molecule has 142 valence electrons. The molecule has 1 aromatic carbocycles. The van der Waals surface area contributed by atoms with Crippen LogP contribution in [0.3, 0.4) is 0 Å². The molecule has 0 aliphatic heterocycles. The average Bonchev–Trinajstić information content (AvgIpc) is 3.00. The molecule has 1 aromatic heterocycles. The minimum absolute atomic E-state index is 0. The molecule has 1 heterocycles. The number of ether oxygens (including phenoxy) is 1. The van der Waals surface area contributed by atoms with E-state index in [0.717, 1.165) is 5.56 Å². The second-order valence-corrected chi connectivity index (χ2v) is 5.76. The van der Waals surface area contributed by atoms with Crippen LogP contribution in [0.25, 0.3) is 0 Å². The Morgan fingerprint density at radius 1 is 1.27 bits per heavy atom. The predicted octanol–water partition coefficient (Wildman–Crippen LogP) is 1.21. The lowest BCUT2D eigenvalue weighted by molar-refractivity contribution is -0.130. The third-order valence-electron chi connectivity index (χ3n) is 3.59. The highest BCUT2D eigenvalue weighted by Crippen LogP contribution is 2.18. The topological polar surface area (TPSA) is 88.5 Å². The number of halogens is 1. The molecule has 0 aliphatic carbocycles. The van der Waals surface area contributed by atoms with E-state index < -0.39 is 6.04 Å². The van der Waals surface area contributed by atoms with Gasteiger partial charge < -0.3 is 20.3 Å². The van der Waals surface area contributed by atoms with Crippen molar-refractivity contribution < 1.29 is 14.3 Å². The molecule has 2 amide bonds. The number of nitrogens with zero attached hydrogens (tertiary/aromatic N) is 3. The number of benzene rings is 1. The van der Waals surface area contributed by atoms with Crippen molar-refractivity contribution in [2.45, 2.75) is 6.04 Å². The molecule has 1 atom stereocenters. The lowest BCUT2D eigenvalue weighted by Gasteiger charge is -2.15. The van der Waals surface area contributed by atoms with Gasteiger partial charge in [-0.1, -0.05) is 0 Å². The molecule has 0 aliphatic rings. The summed E-state index contributed by atoms with van der Waals surface area (Å²) in [5.74, 6) is 0.253. The maximum atomic E-state index is 12.4. The van der Waals surface area contributed by atoms with Crippen molar-refractivity contribution in [1.82, 2.24) is 20.0 Å². The summed E-state index contributed by atoms with van der Waals surface area (Å²) in [6.07, 6.45) is 3.44. The highest BCUT2D eigenvalue weighted by molar-refractivity contribution is 5.95. The zero-order chi connectivity index (χ0) is 18.4. The second-order valence-electron chi connectivity index (χ2n) is 5.76. The normalized spacial score (nSPS) is 11.2. The SMILES string of the molecule is CNC(C(=O)Nc1ccc(OCC(=O)N(C)C)cc1)c1cnn(C)c1.Cl. The number of aromatic nitrogens is 2. The summed E-state index contributed by atoms with van der Waals surface area (Å²) in [6.45, 7) is -0.0262. The Kier molecular flexibility index (Phi) is 8.08. The molecule has 26 heavy (non-hydrogen) atoms. The van der Waals surface area contributed by atoms with Gasteiger partial charge in [-0.25, -0.2) is 0 Å². The zero-order valence-electron chi connectivity index (χ0n) is 15.2. The molecule has 9 heteroatoms. The minimum atomic E-state index is -0.498. The summed E-state index contributed by atoms with van der Waals surface area (Å²) in [6, 6.07) is 6.36. The van der Waals surface area contributed by atoms with Gasteiger partial charge in [0.15, 0.2) is 6.61 Å². The maximum Gasteiger partial charge on any atom is 0.259 e. The van der Waals surface area contributed by atoms with Crippen LogP contribution < -0.4 is 15.4 Å². The van der Waals surface area contributed by atoms with Crippen molar-refractivity contribution in [3.63, 3.8) is 0 Å². The van der Waals surface area contributed by atoms with Gasteiger partial charge in [0, 0.05) is 38.6 Å². The van der Waals surface area contributed by atoms with Gasteiger partial charge in [0.05, 0.1) is 6.20 Å². The van der Waals surface area contributed by atoms with E-state index >= 15 is 0 Å². The molecule has 0 saturated carbocycles. The molecule has 8 nitrogen and oxygen atoms in total. The van der Waals surface area contributed by atoms with Crippen LogP contribution in [0.1, 0.15) is 11.6 Å². The van der Waals surface area contributed by atoms with Crippen molar-refractivity contribution in [1.29, 1.82) is 0 Å². The molecule has 0 radical (unpaired) electrons. The first-order chi connectivity index (χ1) is 11.9. The highest BCUT2D eigenvalue weighted by Gasteiger charge is 2.20. The quantitative estimate of drug-likeness (QED) is 0.752. The van der Waals surface area contributed by atoms with Gasteiger partial charge in [0.1, 0.15) is 11.8 Å². The van der Waals surface area contributed by atoms with Gasteiger partial charge in [-0.05, 0) is 31.3 Å². The number of hydrogen-bond acceptors (Lipinski definition) is 5. The van der Waals surface area contributed by atoms with Crippen LogP contribution in [0.15, 0.2) is 36.7 Å². The Morgan fingerprint density at radius 3 is 2.42 bits per heavy atom. The van der Waals surface area contributed by atoms with Crippen molar-refractivity contribution in [2.75, 3.05) is 33.1 Å². The van der Waals surface area contributed by atoms with Gasteiger partial charge in [-0.2, -0.15) is 5.10 Å². The Hall–Kier alpha value is -2.58. The van der Waals surface area contributed by atoms with Crippen LogP contribution in [0.2, 0.25) is 0 Å². The zero-order valence-corrected chi connectivity index (χ0v) is 16.0. The highest BCUT2D eigenvalue weighted by atomic mass is 35.5. The van der Waals surface area contributed by atoms with Gasteiger partial charge in [0.25, 0.3) is 5.91 Å². The Balaban J connectivity index is 0.00000338. The number of carbonyl (C=O) groups is 2. The molecular weight excluding hydrogens is 358 g/mol.